The molecule has 36 heavy (non-hydrogen) atoms. The maximum Gasteiger partial charge on any atom is 0.163 e. The van der Waals surface area contributed by atoms with Crippen molar-refractivity contribution in [1.82, 2.24) is 14.8 Å². The highest BCUT2D eigenvalue weighted by molar-refractivity contribution is 5.86. The number of methoxy groups -OCH3 is 2. The molecule has 5 rings (SSSR count). The first-order valence-corrected chi connectivity index (χ1v) is 11.6. The molecule has 0 fully saturated rings. The zero-order valence-corrected chi connectivity index (χ0v) is 20.2. The molecule has 0 saturated heterocycles. The number of ether oxygens (including phenoxy) is 2. The van der Waals surface area contributed by atoms with E-state index in [2.05, 4.69) is 17.1 Å². The lowest BCUT2D eigenvalue weighted by atomic mass is 10.00. The van der Waals surface area contributed by atoms with Crippen LogP contribution in [0.5, 0.6) is 11.5 Å². The highest BCUT2D eigenvalue weighted by Crippen LogP contribution is 2.40. The fraction of sp³-hybridized carbons (Fsp3) is 0.100. The van der Waals surface area contributed by atoms with Gasteiger partial charge in [-0.1, -0.05) is 60.7 Å². The number of rotatable bonds is 8. The smallest absolute Gasteiger partial charge is 0.163 e. The SMILES string of the molecule is COc1ccc(-c2c(Cc3ccccc3)nn(-c3ccccc3)c2/N=C/c2cccnc2)cc1OC. The summed E-state index contributed by atoms with van der Waals surface area (Å²) < 4.78 is 13.0. The van der Waals surface area contributed by atoms with E-state index in [4.69, 9.17) is 19.6 Å². The maximum absolute atomic E-state index is 5.62. The van der Waals surface area contributed by atoms with Crippen molar-refractivity contribution in [3.63, 3.8) is 0 Å². The Bertz CT molecular complexity index is 1460. The lowest BCUT2D eigenvalue weighted by Crippen LogP contribution is -1.97. The number of pyridine rings is 1. The largest absolute Gasteiger partial charge is 0.493 e. The zero-order valence-electron chi connectivity index (χ0n) is 20.2. The lowest BCUT2D eigenvalue weighted by Gasteiger charge is -2.11. The van der Waals surface area contributed by atoms with Crippen LogP contribution >= 0.6 is 0 Å². The average molecular weight is 475 g/mol. The summed E-state index contributed by atoms with van der Waals surface area (Å²) in [6.45, 7) is 0. The Morgan fingerprint density at radius 1 is 0.833 bits per heavy atom. The molecule has 0 spiro atoms. The van der Waals surface area contributed by atoms with Crippen molar-refractivity contribution in [3.05, 3.63) is 120 Å². The number of aliphatic imine (C=N–C) groups is 1. The molecule has 0 amide bonds. The molecular weight excluding hydrogens is 448 g/mol. The zero-order chi connectivity index (χ0) is 24.7. The van der Waals surface area contributed by atoms with Gasteiger partial charge in [0, 0.05) is 30.6 Å². The summed E-state index contributed by atoms with van der Waals surface area (Å²) in [5.74, 6) is 2.04. The van der Waals surface area contributed by atoms with Crippen LogP contribution in [0.25, 0.3) is 16.8 Å². The van der Waals surface area contributed by atoms with Gasteiger partial charge >= 0.3 is 0 Å². The topological polar surface area (TPSA) is 61.5 Å². The molecule has 0 aliphatic heterocycles. The summed E-state index contributed by atoms with van der Waals surface area (Å²) in [4.78, 5) is 9.17. The molecule has 0 aliphatic rings. The van der Waals surface area contributed by atoms with E-state index < -0.39 is 0 Å². The van der Waals surface area contributed by atoms with Gasteiger partial charge in [-0.3, -0.25) is 4.98 Å². The van der Waals surface area contributed by atoms with Crippen LogP contribution in [0.15, 0.2) is 108 Å². The Morgan fingerprint density at radius 3 is 2.28 bits per heavy atom. The van der Waals surface area contributed by atoms with Crippen molar-refractivity contribution in [2.75, 3.05) is 14.2 Å². The van der Waals surface area contributed by atoms with E-state index in [1.165, 1.54) is 5.56 Å². The van der Waals surface area contributed by atoms with Gasteiger partial charge in [0.2, 0.25) is 0 Å². The highest BCUT2D eigenvalue weighted by Gasteiger charge is 2.22. The normalized spacial score (nSPS) is 11.1. The van der Waals surface area contributed by atoms with Crippen LogP contribution < -0.4 is 9.47 Å². The van der Waals surface area contributed by atoms with Gasteiger partial charge in [0.1, 0.15) is 0 Å². The van der Waals surface area contributed by atoms with Crippen molar-refractivity contribution in [2.24, 2.45) is 4.99 Å². The minimum Gasteiger partial charge on any atom is -0.493 e. The van der Waals surface area contributed by atoms with Crippen LogP contribution in [-0.2, 0) is 6.42 Å². The molecule has 0 bridgehead atoms. The van der Waals surface area contributed by atoms with E-state index >= 15 is 0 Å². The molecule has 0 radical (unpaired) electrons. The molecule has 6 heteroatoms. The molecule has 3 aromatic carbocycles. The number of hydrogen-bond acceptors (Lipinski definition) is 5. The van der Waals surface area contributed by atoms with Crippen molar-refractivity contribution < 1.29 is 9.47 Å². The Kier molecular flexibility index (Phi) is 6.85. The van der Waals surface area contributed by atoms with E-state index in [0.29, 0.717) is 17.9 Å². The molecule has 2 heterocycles. The summed E-state index contributed by atoms with van der Waals surface area (Å²) in [5.41, 5.74) is 5.79. The predicted octanol–water partition coefficient (Wildman–Crippen LogP) is 6.29. The third-order valence-corrected chi connectivity index (χ3v) is 5.84. The maximum atomic E-state index is 5.62. The van der Waals surface area contributed by atoms with Gasteiger partial charge in [0.05, 0.1) is 31.2 Å². The number of para-hydroxylation sites is 1. The minimum absolute atomic E-state index is 0.648. The Hall–Kier alpha value is -4.71. The second-order valence-electron chi connectivity index (χ2n) is 8.17. The lowest BCUT2D eigenvalue weighted by molar-refractivity contribution is 0.355. The molecule has 5 aromatic rings. The molecule has 2 aromatic heterocycles. The number of nitrogens with zero attached hydrogens (tertiary/aromatic N) is 4. The van der Waals surface area contributed by atoms with Gasteiger partial charge in [0.15, 0.2) is 17.3 Å². The molecule has 0 unspecified atom stereocenters. The molecule has 178 valence electrons. The van der Waals surface area contributed by atoms with Gasteiger partial charge < -0.3 is 9.47 Å². The quantitative estimate of drug-likeness (QED) is 0.248. The van der Waals surface area contributed by atoms with Crippen LogP contribution in [0.2, 0.25) is 0 Å². The second-order valence-corrected chi connectivity index (χ2v) is 8.17. The van der Waals surface area contributed by atoms with Crippen molar-refractivity contribution in [2.45, 2.75) is 6.42 Å². The molecule has 6 nitrogen and oxygen atoms in total. The van der Waals surface area contributed by atoms with Crippen molar-refractivity contribution in [3.8, 4) is 28.3 Å². The third-order valence-electron chi connectivity index (χ3n) is 5.84. The van der Waals surface area contributed by atoms with Gasteiger partial charge in [0.25, 0.3) is 0 Å². The Balaban J connectivity index is 1.75. The molecular formula is C30H26N4O2. The number of benzene rings is 3. The Morgan fingerprint density at radius 2 is 1.58 bits per heavy atom. The van der Waals surface area contributed by atoms with E-state index in [1.54, 1.807) is 26.6 Å². The van der Waals surface area contributed by atoms with Gasteiger partial charge in [-0.15, -0.1) is 0 Å². The highest BCUT2D eigenvalue weighted by atomic mass is 16.5. The van der Waals surface area contributed by atoms with Gasteiger partial charge in [-0.25, -0.2) is 9.67 Å². The summed E-state index contributed by atoms with van der Waals surface area (Å²) in [6, 6.07) is 30.1. The van der Waals surface area contributed by atoms with E-state index in [-0.39, 0.29) is 0 Å². The molecule has 0 aliphatic carbocycles. The van der Waals surface area contributed by atoms with Gasteiger partial charge in [-0.05, 0) is 41.5 Å². The number of hydrogen-bond donors (Lipinski definition) is 0. The van der Waals surface area contributed by atoms with Crippen LogP contribution in [0.4, 0.5) is 5.82 Å². The first kappa shape index (κ1) is 23.1. The fourth-order valence-electron chi connectivity index (χ4n) is 4.11. The van der Waals surface area contributed by atoms with Crippen molar-refractivity contribution in [1.29, 1.82) is 0 Å². The number of aromatic nitrogens is 3. The summed E-state index contributed by atoms with van der Waals surface area (Å²) >= 11 is 0. The first-order chi connectivity index (χ1) is 17.8. The van der Waals surface area contributed by atoms with Crippen molar-refractivity contribution >= 4 is 12.0 Å². The van der Waals surface area contributed by atoms with E-state index in [9.17, 15) is 0 Å². The minimum atomic E-state index is 0.648. The van der Waals surface area contributed by atoms with Crippen LogP contribution in [0, 0.1) is 0 Å². The van der Waals surface area contributed by atoms with Crippen LogP contribution in [0.3, 0.4) is 0 Å². The molecule has 0 atom stereocenters. The first-order valence-electron chi connectivity index (χ1n) is 11.6. The van der Waals surface area contributed by atoms with E-state index in [1.807, 2.05) is 89.8 Å². The fourth-order valence-corrected chi connectivity index (χ4v) is 4.11. The summed E-state index contributed by atoms with van der Waals surface area (Å²) in [5, 5.41) is 5.08. The molecule has 0 N–H and O–H groups in total. The summed E-state index contributed by atoms with van der Waals surface area (Å²) in [7, 11) is 3.27. The summed E-state index contributed by atoms with van der Waals surface area (Å²) in [6.07, 6.45) is 6.01. The van der Waals surface area contributed by atoms with E-state index in [0.717, 1.165) is 33.9 Å². The third kappa shape index (κ3) is 4.88. The average Bonchev–Trinajstić information content (AvgIpc) is 3.30. The molecule has 0 saturated carbocycles. The second kappa shape index (κ2) is 10.7. The van der Waals surface area contributed by atoms with Gasteiger partial charge in [-0.2, -0.15) is 5.10 Å². The van der Waals surface area contributed by atoms with Crippen LogP contribution in [0.1, 0.15) is 16.8 Å². The standard InChI is InChI=1S/C30H26N4O2/c1-35-27-16-15-24(19-28(27)36-2)29-26(18-22-10-5-3-6-11-22)33-34(25-13-7-4-8-14-25)30(29)32-21-23-12-9-17-31-20-23/h3-17,19-21H,18H2,1-2H3/b32-21+. The monoisotopic (exact) mass is 474 g/mol. The van der Waals surface area contributed by atoms with Crippen LogP contribution in [-0.4, -0.2) is 35.2 Å². The predicted molar refractivity (Wildman–Crippen MR) is 143 cm³/mol. The Labute approximate surface area is 210 Å².